The molecule has 0 fully saturated rings. The van der Waals surface area contributed by atoms with Crippen molar-refractivity contribution in [2.75, 3.05) is 0 Å². The second kappa shape index (κ2) is 4.79. The molecule has 0 bridgehead atoms. The van der Waals surface area contributed by atoms with Crippen molar-refractivity contribution in [3.8, 4) is 0 Å². The van der Waals surface area contributed by atoms with Gasteiger partial charge >= 0.3 is 0 Å². The minimum atomic E-state index is -0.954. The van der Waals surface area contributed by atoms with Gasteiger partial charge in [-0.05, 0) is 41.6 Å². The maximum absolute atomic E-state index is 10.9. The zero-order valence-electron chi connectivity index (χ0n) is 6.29. The van der Waals surface area contributed by atoms with E-state index in [1.54, 1.807) is 18.2 Å². The van der Waals surface area contributed by atoms with Crippen molar-refractivity contribution in [3.63, 3.8) is 0 Å². The van der Waals surface area contributed by atoms with Crippen LogP contribution in [0.3, 0.4) is 0 Å². The molecule has 0 aromatic heterocycles. The highest BCUT2D eigenvalue weighted by Gasteiger charge is 2.11. The molecule has 0 N–H and O–H groups in total. The molecule has 1 aromatic carbocycles. The third-order valence-electron chi connectivity index (χ3n) is 1.17. The van der Waals surface area contributed by atoms with E-state index in [1.807, 2.05) is 6.07 Å². The highest BCUT2D eigenvalue weighted by Crippen LogP contribution is 2.22. The minimum absolute atomic E-state index is 0.667. The molecule has 68 valence electrons. The van der Waals surface area contributed by atoms with Gasteiger partial charge in [0.1, 0.15) is 0 Å². The zero-order valence-corrected chi connectivity index (χ0v) is 9.45. The predicted molar refractivity (Wildman–Crippen MR) is 55.9 cm³/mol. The fraction of sp³-hybridized carbons (Fsp3) is 0. The highest BCUT2D eigenvalue weighted by molar-refractivity contribution is 9.10. The van der Waals surface area contributed by atoms with Crippen LogP contribution in [0, 0.1) is 0 Å². The molecule has 0 spiro atoms. The largest absolute Gasteiger partial charge is 0.299 e. The summed E-state index contributed by atoms with van der Waals surface area (Å²) >= 11 is 9.06. The second-order valence-electron chi connectivity index (χ2n) is 2.12. The number of carbonyl (C=O) groups is 2. The standard InChI is InChI=1S/C8H4BrClO2S/c9-5-2-1-3-6(4-5)13-8(12)7(10)11/h1-4H. The Hall–Kier alpha value is -0.320. The number of hydrogen-bond acceptors (Lipinski definition) is 3. The molecule has 0 aliphatic rings. The lowest BCUT2D eigenvalue weighted by Crippen LogP contribution is -2.00. The van der Waals surface area contributed by atoms with Crippen molar-refractivity contribution in [3.05, 3.63) is 28.7 Å². The van der Waals surface area contributed by atoms with Crippen LogP contribution in [0.15, 0.2) is 33.6 Å². The summed E-state index contributed by atoms with van der Waals surface area (Å²) < 4.78 is 0.854. The molecule has 0 heterocycles. The first-order chi connectivity index (χ1) is 6.09. The Morgan fingerprint density at radius 2 is 2.08 bits per heavy atom. The van der Waals surface area contributed by atoms with Gasteiger partial charge in [-0.1, -0.05) is 22.0 Å². The summed E-state index contributed by atoms with van der Waals surface area (Å²) in [4.78, 5) is 22.0. The molecular weight excluding hydrogens is 276 g/mol. The summed E-state index contributed by atoms with van der Waals surface area (Å²) in [5.41, 5.74) is 0. The molecule has 13 heavy (non-hydrogen) atoms. The van der Waals surface area contributed by atoms with E-state index in [0.29, 0.717) is 4.90 Å². The van der Waals surface area contributed by atoms with Gasteiger partial charge in [-0.3, -0.25) is 9.59 Å². The first kappa shape index (κ1) is 10.8. The topological polar surface area (TPSA) is 34.1 Å². The molecule has 0 radical (unpaired) electrons. The van der Waals surface area contributed by atoms with E-state index in [1.165, 1.54) is 0 Å². The van der Waals surface area contributed by atoms with Crippen LogP contribution in [0.1, 0.15) is 0 Å². The van der Waals surface area contributed by atoms with E-state index in [2.05, 4.69) is 15.9 Å². The Labute approximate surface area is 92.8 Å². The van der Waals surface area contributed by atoms with Gasteiger partial charge in [0, 0.05) is 9.37 Å². The lowest BCUT2D eigenvalue weighted by Gasteiger charge is -1.96. The van der Waals surface area contributed by atoms with Gasteiger partial charge < -0.3 is 0 Å². The first-order valence-corrected chi connectivity index (χ1v) is 5.25. The second-order valence-corrected chi connectivity index (χ2v) is 4.43. The summed E-state index contributed by atoms with van der Waals surface area (Å²) in [6.45, 7) is 0. The first-order valence-electron chi connectivity index (χ1n) is 3.27. The van der Waals surface area contributed by atoms with E-state index in [4.69, 9.17) is 11.6 Å². The lowest BCUT2D eigenvalue weighted by molar-refractivity contribution is -0.126. The van der Waals surface area contributed by atoms with Gasteiger partial charge in [0.2, 0.25) is 0 Å². The highest BCUT2D eigenvalue weighted by atomic mass is 79.9. The van der Waals surface area contributed by atoms with Gasteiger partial charge in [-0.2, -0.15) is 0 Å². The molecule has 0 saturated heterocycles. The summed E-state index contributed by atoms with van der Waals surface area (Å²) in [7, 11) is 0. The van der Waals surface area contributed by atoms with Gasteiger partial charge in [0.05, 0.1) is 0 Å². The smallest absolute Gasteiger partial charge is 0.276 e. The quantitative estimate of drug-likeness (QED) is 0.474. The number of benzene rings is 1. The van der Waals surface area contributed by atoms with Crippen LogP contribution in [-0.2, 0) is 9.59 Å². The van der Waals surface area contributed by atoms with Gasteiger partial charge in [-0.25, -0.2) is 0 Å². The fourth-order valence-electron chi connectivity index (χ4n) is 0.678. The molecule has 0 saturated carbocycles. The van der Waals surface area contributed by atoms with Crippen LogP contribution in [-0.4, -0.2) is 10.4 Å². The molecule has 0 aliphatic carbocycles. The molecule has 0 atom stereocenters. The normalized spacial score (nSPS) is 9.69. The third-order valence-corrected chi connectivity index (χ3v) is 2.80. The summed E-state index contributed by atoms with van der Waals surface area (Å²) in [5, 5.41) is -1.62. The van der Waals surface area contributed by atoms with Gasteiger partial charge in [0.15, 0.2) is 0 Å². The maximum Gasteiger partial charge on any atom is 0.299 e. The van der Waals surface area contributed by atoms with Crippen LogP contribution < -0.4 is 0 Å². The van der Waals surface area contributed by atoms with Crippen LogP contribution in [0.5, 0.6) is 0 Å². The molecule has 0 aliphatic heterocycles. The van der Waals surface area contributed by atoms with Gasteiger partial charge in [0.25, 0.3) is 10.4 Å². The Bertz CT molecular complexity index is 354. The Morgan fingerprint density at radius 3 is 2.62 bits per heavy atom. The third kappa shape index (κ3) is 3.50. The van der Waals surface area contributed by atoms with E-state index >= 15 is 0 Å². The molecular formula is C8H4BrClO2S. The summed E-state index contributed by atoms with van der Waals surface area (Å²) in [5.74, 6) is 0. The van der Waals surface area contributed by atoms with E-state index in [9.17, 15) is 9.59 Å². The van der Waals surface area contributed by atoms with Crippen LogP contribution >= 0.6 is 39.3 Å². The van der Waals surface area contributed by atoms with Crippen molar-refractivity contribution >= 4 is 49.7 Å². The van der Waals surface area contributed by atoms with Crippen molar-refractivity contribution in [1.82, 2.24) is 0 Å². The van der Waals surface area contributed by atoms with E-state index in [-0.39, 0.29) is 0 Å². The average molecular weight is 280 g/mol. The van der Waals surface area contributed by atoms with Crippen molar-refractivity contribution in [2.24, 2.45) is 0 Å². The number of thioether (sulfide) groups is 1. The maximum atomic E-state index is 10.9. The molecule has 0 unspecified atom stereocenters. The zero-order chi connectivity index (χ0) is 9.84. The Balaban J connectivity index is 2.75. The molecule has 1 rings (SSSR count). The molecule has 5 heteroatoms. The van der Waals surface area contributed by atoms with E-state index in [0.717, 1.165) is 16.2 Å². The Kier molecular flexibility index (Phi) is 3.96. The lowest BCUT2D eigenvalue weighted by atomic mass is 10.4. The number of halogens is 2. The minimum Gasteiger partial charge on any atom is -0.276 e. The van der Waals surface area contributed by atoms with Crippen molar-refractivity contribution < 1.29 is 9.59 Å². The monoisotopic (exact) mass is 278 g/mol. The average Bonchev–Trinajstić information content (AvgIpc) is 2.04. The molecule has 2 nitrogen and oxygen atoms in total. The Morgan fingerprint density at radius 1 is 1.38 bits per heavy atom. The predicted octanol–water partition coefficient (Wildman–Crippen LogP) is 2.83. The number of rotatable bonds is 2. The van der Waals surface area contributed by atoms with E-state index < -0.39 is 10.4 Å². The number of hydrogen-bond donors (Lipinski definition) is 0. The number of carbonyl (C=O) groups excluding carboxylic acids is 2. The van der Waals surface area contributed by atoms with Crippen molar-refractivity contribution in [2.45, 2.75) is 4.90 Å². The van der Waals surface area contributed by atoms with Crippen LogP contribution in [0.4, 0.5) is 0 Å². The van der Waals surface area contributed by atoms with Crippen LogP contribution in [0.2, 0.25) is 0 Å². The molecule has 0 amide bonds. The SMILES string of the molecule is O=C(Cl)C(=O)Sc1cccc(Br)c1. The van der Waals surface area contributed by atoms with Gasteiger partial charge in [-0.15, -0.1) is 0 Å². The summed E-state index contributed by atoms with van der Waals surface area (Å²) in [6, 6.07) is 7.07. The van der Waals surface area contributed by atoms with Crippen molar-refractivity contribution in [1.29, 1.82) is 0 Å². The fourth-order valence-corrected chi connectivity index (χ4v) is 1.97. The summed E-state index contributed by atoms with van der Waals surface area (Å²) in [6.07, 6.45) is 0. The molecule has 1 aromatic rings. The van der Waals surface area contributed by atoms with Crippen LogP contribution in [0.25, 0.3) is 0 Å².